The molecule has 0 aliphatic rings. The van der Waals surface area contributed by atoms with E-state index in [1.807, 2.05) is 6.07 Å². The normalized spacial score (nSPS) is 10.2. The maximum Gasteiger partial charge on any atom is 0.123 e. The van der Waals surface area contributed by atoms with Gasteiger partial charge in [0.1, 0.15) is 11.9 Å². The lowest BCUT2D eigenvalue weighted by atomic mass is 10.1. The van der Waals surface area contributed by atoms with Crippen molar-refractivity contribution < 1.29 is 4.39 Å². The van der Waals surface area contributed by atoms with Gasteiger partial charge in [0.05, 0.1) is 11.6 Å². The lowest BCUT2D eigenvalue weighted by molar-refractivity contribution is 0.627. The molecule has 0 fully saturated rings. The fourth-order valence-electron chi connectivity index (χ4n) is 0.874. The molecule has 0 atom stereocenters. The van der Waals surface area contributed by atoms with E-state index in [1.165, 1.54) is 24.3 Å². The zero-order chi connectivity index (χ0) is 9.68. The highest BCUT2D eigenvalue weighted by atomic mass is 19.1. The van der Waals surface area contributed by atoms with Crippen LogP contribution in [0.3, 0.4) is 0 Å². The zero-order valence-corrected chi connectivity index (χ0v) is 6.66. The Morgan fingerprint density at radius 2 is 1.85 bits per heavy atom. The van der Waals surface area contributed by atoms with E-state index in [-0.39, 0.29) is 11.4 Å². The van der Waals surface area contributed by atoms with Crippen LogP contribution in [0.1, 0.15) is 5.56 Å². The maximum atomic E-state index is 12.5. The van der Waals surface area contributed by atoms with Gasteiger partial charge in [-0.1, -0.05) is 12.1 Å². The van der Waals surface area contributed by atoms with Crippen LogP contribution in [-0.2, 0) is 0 Å². The SMILES string of the molecule is N#C/C=C(\C#N)c1ccc(F)cc1. The Hall–Kier alpha value is -2.13. The highest BCUT2D eigenvalue weighted by molar-refractivity contribution is 5.78. The fraction of sp³-hybridized carbons (Fsp3) is 0. The minimum absolute atomic E-state index is 0.238. The van der Waals surface area contributed by atoms with Crippen molar-refractivity contribution in [3.63, 3.8) is 0 Å². The van der Waals surface area contributed by atoms with E-state index in [0.29, 0.717) is 5.56 Å². The molecule has 3 heteroatoms. The van der Waals surface area contributed by atoms with Crippen LogP contribution >= 0.6 is 0 Å². The standard InChI is InChI=1S/C10H5FN2/c11-10-3-1-8(2-4-10)9(7-13)5-6-12/h1-5H/b9-5+. The number of halogens is 1. The van der Waals surface area contributed by atoms with Gasteiger partial charge < -0.3 is 0 Å². The summed E-state index contributed by atoms with van der Waals surface area (Å²) in [4.78, 5) is 0. The Balaban J connectivity index is 3.10. The Labute approximate surface area is 75.2 Å². The van der Waals surface area contributed by atoms with Gasteiger partial charge in [0.25, 0.3) is 0 Å². The van der Waals surface area contributed by atoms with Crippen molar-refractivity contribution in [1.29, 1.82) is 10.5 Å². The first kappa shape index (κ1) is 8.96. The summed E-state index contributed by atoms with van der Waals surface area (Å²) in [5.74, 6) is -0.363. The summed E-state index contributed by atoms with van der Waals surface area (Å²) in [5, 5.41) is 16.9. The molecule has 0 saturated heterocycles. The average Bonchev–Trinajstić information content (AvgIpc) is 2.16. The van der Waals surface area contributed by atoms with E-state index in [9.17, 15) is 4.39 Å². The number of nitriles is 2. The molecular formula is C10H5FN2. The van der Waals surface area contributed by atoms with Gasteiger partial charge in [-0.15, -0.1) is 0 Å². The monoisotopic (exact) mass is 172 g/mol. The topological polar surface area (TPSA) is 47.6 Å². The molecule has 0 aliphatic carbocycles. The van der Waals surface area contributed by atoms with Crippen molar-refractivity contribution in [3.05, 3.63) is 41.7 Å². The van der Waals surface area contributed by atoms with Crippen LogP contribution in [-0.4, -0.2) is 0 Å². The number of rotatable bonds is 1. The molecule has 0 radical (unpaired) electrons. The van der Waals surface area contributed by atoms with E-state index in [0.717, 1.165) is 6.08 Å². The molecular weight excluding hydrogens is 167 g/mol. The first-order chi connectivity index (χ1) is 6.27. The van der Waals surface area contributed by atoms with Gasteiger partial charge in [0, 0.05) is 6.08 Å². The van der Waals surface area contributed by atoms with Crippen LogP contribution in [0.15, 0.2) is 30.3 Å². The van der Waals surface area contributed by atoms with E-state index < -0.39 is 0 Å². The largest absolute Gasteiger partial charge is 0.207 e. The summed E-state index contributed by atoms with van der Waals surface area (Å²) in [6.45, 7) is 0. The zero-order valence-electron chi connectivity index (χ0n) is 6.66. The molecule has 1 rings (SSSR count). The maximum absolute atomic E-state index is 12.5. The lowest BCUT2D eigenvalue weighted by Crippen LogP contribution is -1.81. The third-order valence-electron chi connectivity index (χ3n) is 1.48. The van der Waals surface area contributed by atoms with Crippen molar-refractivity contribution in [2.24, 2.45) is 0 Å². The van der Waals surface area contributed by atoms with Crippen molar-refractivity contribution in [1.82, 2.24) is 0 Å². The second-order valence-corrected chi connectivity index (χ2v) is 2.31. The number of hydrogen-bond donors (Lipinski definition) is 0. The summed E-state index contributed by atoms with van der Waals surface area (Å²) >= 11 is 0. The molecule has 0 saturated carbocycles. The van der Waals surface area contributed by atoms with Crippen molar-refractivity contribution in [2.45, 2.75) is 0 Å². The van der Waals surface area contributed by atoms with Crippen molar-refractivity contribution in [3.8, 4) is 12.1 Å². The van der Waals surface area contributed by atoms with Gasteiger partial charge in [-0.3, -0.25) is 0 Å². The van der Waals surface area contributed by atoms with E-state index >= 15 is 0 Å². The highest BCUT2D eigenvalue weighted by Gasteiger charge is 1.99. The molecule has 0 unspecified atom stereocenters. The van der Waals surface area contributed by atoms with Crippen LogP contribution in [0.4, 0.5) is 4.39 Å². The molecule has 0 heterocycles. The summed E-state index contributed by atoms with van der Waals surface area (Å²) in [5.41, 5.74) is 0.785. The van der Waals surface area contributed by atoms with Gasteiger partial charge in [0.2, 0.25) is 0 Å². The number of nitrogens with zero attached hydrogens (tertiary/aromatic N) is 2. The molecule has 0 amide bonds. The molecule has 0 aromatic heterocycles. The molecule has 1 aromatic carbocycles. The minimum atomic E-state index is -0.363. The first-order valence-electron chi connectivity index (χ1n) is 3.53. The molecule has 13 heavy (non-hydrogen) atoms. The molecule has 0 aliphatic heterocycles. The molecule has 0 N–H and O–H groups in total. The van der Waals surface area contributed by atoms with Crippen LogP contribution in [0.5, 0.6) is 0 Å². The third kappa shape index (κ3) is 2.15. The van der Waals surface area contributed by atoms with Gasteiger partial charge in [0.15, 0.2) is 0 Å². The number of hydrogen-bond acceptors (Lipinski definition) is 2. The molecule has 1 aromatic rings. The molecule has 0 bridgehead atoms. The van der Waals surface area contributed by atoms with Crippen LogP contribution in [0, 0.1) is 28.5 Å². The average molecular weight is 172 g/mol. The van der Waals surface area contributed by atoms with E-state index in [4.69, 9.17) is 10.5 Å². The summed E-state index contributed by atoms with van der Waals surface area (Å²) < 4.78 is 12.5. The Kier molecular flexibility index (Phi) is 2.78. The smallest absolute Gasteiger partial charge is 0.123 e. The second-order valence-electron chi connectivity index (χ2n) is 2.31. The number of allylic oxidation sites excluding steroid dienone is 2. The van der Waals surface area contributed by atoms with Gasteiger partial charge in [-0.05, 0) is 17.7 Å². The molecule has 2 nitrogen and oxygen atoms in total. The first-order valence-corrected chi connectivity index (χ1v) is 3.53. The van der Waals surface area contributed by atoms with Gasteiger partial charge >= 0.3 is 0 Å². The van der Waals surface area contributed by atoms with Gasteiger partial charge in [-0.2, -0.15) is 10.5 Å². The minimum Gasteiger partial charge on any atom is -0.207 e. The lowest BCUT2D eigenvalue weighted by Gasteiger charge is -1.95. The van der Waals surface area contributed by atoms with Crippen LogP contribution in [0.25, 0.3) is 5.57 Å². The van der Waals surface area contributed by atoms with E-state index in [1.54, 1.807) is 6.07 Å². The molecule has 62 valence electrons. The van der Waals surface area contributed by atoms with E-state index in [2.05, 4.69) is 0 Å². The van der Waals surface area contributed by atoms with Gasteiger partial charge in [-0.25, -0.2) is 4.39 Å². The Morgan fingerprint density at radius 1 is 1.23 bits per heavy atom. The highest BCUT2D eigenvalue weighted by Crippen LogP contribution is 2.13. The fourth-order valence-corrected chi connectivity index (χ4v) is 0.874. The van der Waals surface area contributed by atoms with Crippen molar-refractivity contribution >= 4 is 5.57 Å². The van der Waals surface area contributed by atoms with Crippen molar-refractivity contribution in [2.75, 3.05) is 0 Å². The second kappa shape index (κ2) is 4.04. The summed E-state index contributed by atoms with van der Waals surface area (Å²) in [6.07, 6.45) is 1.13. The predicted molar refractivity (Wildman–Crippen MR) is 45.6 cm³/mol. The number of benzene rings is 1. The Bertz CT molecular complexity index is 404. The summed E-state index contributed by atoms with van der Waals surface area (Å²) in [6, 6.07) is 9.02. The predicted octanol–water partition coefficient (Wildman–Crippen LogP) is 2.26. The quantitative estimate of drug-likeness (QED) is 0.610. The van der Waals surface area contributed by atoms with Crippen LogP contribution in [0.2, 0.25) is 0 Å². The van der Waals surface area contributed by atoms with Crippen LogP contribution < -0.4 is 0 Å². The Morgan fingerprint density at radius 3 is 2.31 bits per heavy atom. The third-order valence-corrected chi connectivity index (χ3v) is 1.48. The molecule has 0 spiro atoms. The summed E-state index contributed by atoms with van der Waals surface area (Å²) in [7, 11) is 0.